The number of carbonyl (C=O) groups is 2. The van der Waals surface area contributed by atoms with E-state index in [-0.39, 0.29) is 11.9 Å². The van der Waals surface area contributed by atoms with Gasteiger partial charge in [0.2, 0.25) is 0 Å². The Hall–Kier alpha value is -2.56. The molecule has 0 fully saturated rings. The van der Waals surface area contributed by atoms with Crippen LogP contribution in [-0.2, 0) is 19.1 Å². The lowest BCUT2D eigenvalue weighted by Gasteiger charge is -2.06. The van der Waals surface area contributed by atoms with Gasteiger partial charge in [0.25, 0.3) is 0 Å². The molecule has 0 unspecified atom stereocenters. The van der Waals surface area contributed by atoms with Crippen molar-refractivity contribution in [1.29, 1.82) is 0 Å². The van der Waals surface area contributed by atoms with Gasteiger partial charge in [0.05, 0.1) is 20.3 Å². The van der Waals surface area contributed by atoms with Crippen molar-refractivity contribution < 1.29 is 23.8 Å². The fourth-order valence-electron chi connectivity index (χ4n) is 1.89. The van der Waals surface area contributed by atoms with E-state index in [0.717, 1.165) is 37.0 Å². The van der Waals surface area contributed by atoms with Crippen molar-refractivity contribution in [3.8, 4) is 5.75 Å². The molecule has 5 nitrogen and oxygen atoms in total. The summed E-state index contributed by atoms with van der Waals surface area (Å²) in [7, 11) is 1.34. The quantitative estimate of drug-likeness (QED) is 0.352. The normalized spacial score (nSPS) is 10.4. The Labute approximate surface area is 142 Å². The largest absolute Gasteiger partial charge is 0.494 e. The van der Waals surface area contributed by atoms with E-state index in [1.54, 1.807) is 6.08 Å². The Morgan fingerprint density at radius 3 is 2.29 bits per heavy atom. The Kier molecular flexibility index (Phi) is 9.69. The van der Waals surface area contributed by atoms with Gasteiger partial charge in [0.1, 0.15) is 5.75 Å². The van der Waals surface area contributed by atoms with Crippen molar-refractivity contribution in [3.05, 3.63) is 48.6 Å². The molecule has 1 rings (SSSR count). The van der Waals surface area contributed by atoms with Crippen LogP contribution in [0.25, 0.3) is 6.08 Å². The minimum absolute atomic E-state index is 0.372. The molecule has 0 radical (unpaired) electrons. The molecule has 24 heavy (non-hydrogen) atoms. The van der Waals surface area contributed by atoms with Crippen molar-refractivity contribution in [1.82, 2.24) is 0 Å². The Bertz CT molecular complexity index is 545. The van der Waals surface area contributed by atoms with E-state index < -0.39 is 0 Å². The number of rotatable bonds is 11. The summed E-state index contributed by atoms with van der Waals surface area (Å²) in [4.78, 5) is 21.8. The Balaban J connectivity index is 2.13. The van der Waals surface area contributed by atoms with Crippen LogP contribution in [0.1, 0.15) is 31.2 Å². The van der Waals surface area contributed by atoms with Crippen LogP contribution in [0.4, 0.5) is 0 Å². The van der Waals surface area contributed by atoms with Crippen molar-refractivity contribution in [2.75, 3.05) is 20.3 Å². The van der Waals surface area contributed by atoms with Gasteiger partial charge in [-0.25, -0.2) is 9.59 Å². The molecule has 130 valence electrons. The maximum atomic E-state index is 11.0. The molecule has 0 amide bonds. The smallest absolute Gasteiger partial charge is 0.330 e. The second-order valence-corrected chi connectivity index (χ2v) is 5.06. The van der Waals surface area contributed by atoms with Gasteiger partial charge < -0.3 is 14.2 Å². The van der Waals surface area contributed by atoms with Crippen molar-refractivity contribution >= 4 is 18.0 Å². The molecule has 0 aliphatic heterocycles. The van der Waals surface area contributed by atoms with Gasteiger partial charge in [-0.05, 0) is 49.5 Å². The summed E-state index contributed by atoms with van der Waals surface area (Å²) in [5, 5.41) is 0. The summed E-state index contributed by atoms with van der Waals surface area (Å²) in [6, 6.07) is 7.49. The molecule has 1 aromatic rings. The van der Waals surface area contributed by atoms with Crippen LogP contribution in [-0.4, -0.2) is 32.3 Å². The molecule has 0 heterocycles. The first-order valence-corrected chi connectivity index (χ1v) is 7.94. The summed E-state index contributed by atoms with van der Waals surface area (Å²) < 4.78 is 15.1. The number of methoxy groups -OCH3 is 1. The summed E-state index contributed by atoms with van der Waals surface area (Å²) in [6.45, 7) is 4.42. The zero-order valence-electron chi connectivity index (χ0n) is 14.0. The molecule has 0 saturated heterocycles. The molecule has 0 aliphatic carbocycles. The maximum Gasteiger partial charge on any atom is 0.330 e. The van der Waals surface area contributed by atoms with Crippen LogP contribution in [0.2, 0.25) is 0 Å². The third-order valence-electron chi connectivity index (χ3n) is 3.21. The number of esters is 2. The monoisotopic (exact) mass is 332 g/mol. The number of unbranched alkanes of at least 4 members (excludes halogenated alkanes) is 3. The maximum absolute atomic E-state index is 11.0. The topological polar surface area (TPSA) is 61.8 Å². The van der Waals surface area contributed by atoms with Gasteiger partial charge in [-0.3, -0.25) is 0 Å². The third kappa shape index (κ3) is 8.78. The van der Waals surface area contributed by atoms with Crippen LogP contribution in [0.15, 0.2) is 43.0 Å². The summed E-state index contributed by atoms with van der Waals surface area (Å²) >= 11 is 0. The number of ether oxygens (including phenoxy) is 3. The van der Waals surface area contributed by atoms with Gasteiger partial charge in [0, 0.05) is 12.2 Å². The van der Waals surface area contributed by atoms with Crippen LogP contribution >= 0.6 is 0 Å². The summed E-state index contributed by atoms with van der Waals surface area (Å²) in [5.74, 6) is 0.0444. The standard InChI is InChI=1S/C19H24O5/c1-3-18(20)24-15-7-5-4-6-14-23-17-11-8-16(9-12-17)10-13-19(21)22-2/h3,8-13H,1,4-7,14-15H2,2H3/b13-10+. The molecule has 0 saturated carbocycles. The van der Waals surface area contributed by atoms with Crippen LogP contribution in [0, 0.1) is 0 Å². The number of hydrogen-bond acceptors (Lipinski definition) is 5. The molecule has 5 heteroatoms. The molecule has 0 aliphatic rings. The molecular weight excluding hydrogens is 308 g/mol. The molecule has 0 N–H and O–H groups in total. The third-order valence-corrected chi connectivity index (χ3v) is 3.21. The lowest BCUT2D eigenvalue weighted by Crippen LogP contribution is -2.02. The van der Waals surface area contributed by atoms with Gasteiger partial charge in [-0.15, -0.1) is 0 Å². The van der Waals surface area contributed by atoms with Crippen LogP contribution in [0.3, 0.4) is 0 Å². The fourth-order valence-corrected chi connectivity index (χ4v) is 1.89. The van der Waals surface area contributed by atoms with Crippen LogP contribution < -0.4 is 4.74 Å². The minimum atomic E-state index is -0.380. The van der Waals surface area contributed by atoms with Gasteiger partial charge in [-0.1, -0.05) is 18.7 Å². The van der Waals surface area contributed by atoms with E-state index in [2.05, 4.69) is 11.3 Å². The predicted molar refractivity (Wildman–Crippen MR) is 92.6 cm³/mol. The number of benzene rings is 1. The number of carbonyl (C=O) groups excluding carboxylic acids is 2. The highest BCUT2D eigenvalue weighted by atomic mass is 16.5. The average Bonchev–Trinajstić information content (AvgIpc) is 2.62. The molecular formula is C19H24O5. The molecule has 0 bridgehead atoms. The van der Waals surface area contributed by atoms with Gasteiger partial charge in [0.15, 0.2) is 0 Å². The average molecular weight is 332 g/mol. The minimum Gasteiger partial charge on any atom is -0.494 e. The first-order valence-electron chi connectivity index (χ1n) is 7.94. The zero-order chi connectivity index (χ0) is 17.6. The van der Waals surface area contributed by atoms with E-state index in [1.165, 1.54) is 19.3 Å². The molecule has 0 atom stereocenters. The van der Waals surface area contributed by atoms with E-state index in [4.69, 9.17) is 9.47 Å². The first kappa shape index (κ1) is 19.5. The van der Waals surface area contributed by atoms with Crippen molar-refractivity contribution in [2.24, 2.45) is 0 Å². The highest BCUT2D eigenvalue weighted by molar-refractivity contribution is 5.86. The second-order valence-electron chi connectivity index (χ2n) is 5.06. The summed E-state index contributed by atoms with van der Waals surface area (Å²) in [6.07, 6.45) is 8.04. The Morgan fingerprint density at radius 1 is 1.00 bits per heavy atom. The lowest BCUT2D eigenvalue weighted by molar-refractivity contribution is -0.138. The fraction of sp³-hybridized carbons (Fsp3) is 0.368. The van der Waals surface area contributed by atoms with E-state index in [9.17, 15) is 9.59 Å². The predicted octanol–water partition coefficient (Wildman–Crippen LogP) is 3.54. The molecule has 0 aromatic heterocycles. The highest BCUT2D eigenvalue weighted by Gasteiger charge is 1.97. The Morgan fingerprint density at radius 2 is 1.67 bits per heavy atom. The molecule has 0 spiro atoms. The SMILES string of the molecule is C=CC(=O)OCCCCCCOc1ccc(/C=C/C(=O)OC)cc1. The van der Waals surface area contributed by atoms with Crippen molar-refractivity contribution in [3.63, 3.8) is 0 Å². The van der Waals surface area contributed by atoms with Crippen LogP contribution in [0.5, 0.6) is 5.75 Å². The van der Waals surface area contributed by atoms with Gasteiger partial charge in [-0.2, -0.15) is 0 Å². The second kappa shape index (κ2) is 11.9. The summed E-state index contributed by atoms with van der Waals surface area (Å²) in [5.41, 5.74) is 0.904. The van der Waals surface area contributed by atoms with E-state index in [0.29, 0.717) is 13.2 Å². The lowest BCUT2D eigenvalue weighted by atomic mass is 10.2. The zero-order valence-corrected chi connectivity index (χ0v) is 14.0. The van der Waals surface area contributed by atoms with E-state index in [1.807, 2.05) is 24.3 Å². The number of hydrogen-bond donors (Lipinski definition) is 0. The molecule has 1 aromatic carbocycles. The van der Waals surface area contributed by atoms with Crippen molar-refractivity contribution in [2.45, 2.75) is 25.7 Å². The first-order chi connectivity index (χ1) is 11.7. The highest BCUT2D eigenvalue weighted by Crippen LogP contribution is 2.14. The van der Waals surface area contributed by atoms with E-state index >= 15 is 0 Å². The van der Waals surface area contributed by atoms with Gasteiger partial charge >= 0.3 is 11.9 Å².